The first kappa shape index (κ1) is 9.66. The van der Waals surface area contributed by atoms with E-state index < -0.39 is 0 Å². The molecule has 1 N–H and O–H groups in total. The molecule has 0 saturated heterocycles. The number of hydrogen-bond donors (Lipinski definition) is 1. The van der Waals surface area contributed by atoms with Gasteiger partial charge in [0.15, 0.2) is 0 Å². The maximum atomic E-state index is 8.33. The maximum absolute atomic E-state index is 8.33. The second-order valence-electron chi connectivity index (χ2n) is 2.40. The third kappa shape index (κ3) is 7.66. The molecule has 0 saturated carbocycles. The van der Waals surface area contributed by atoms with Gasteiger partial charge in [0, 0.05) is 6.61 Å². The Morgan fingerprint density at radius 2 is 2.20 bits per heavy atom. The van der Waals surface area contributed by atoms with E-state index in [2.05, 4.69) is 6.58 Å². The van der Waals surface area contributed by atoms with Crippen LogP contribution in [-0.4, -0.2) is 24.9 Å². The fourth-order valence-corrected chi connectivity index (χ4v) is 0.643. The summed E-state index contributed by atoms with van der Waals surface area (Å²) in [6, 6.07) is 0. The van der Waals surface area contributed by atoms with Gasteiger partial charge in [0.25, 0.3) is 0 Å². The van der Waals surface area contributed by atoms with E-state index in [1.807, 2.05) is 6.92 Å². The SMILES string of the molecule is C=C(C)CCCOCCO. The van der Waals surface area contributed by atoms with Crippen LogP contribution in [0.25, 0.3) is 0 Å². The largest absolute Gasteiger partial charge is 0.394 e. The predicted octanol–water partition coefficient (Wildman–Crippen LogP) is 1.35. The normalized spacial score (nSPS) is 9.80. The lowest BCUT2D eigenvalue weighted by atomic mass is 10.2. The van der Waals surface area contributed by atoms with E-state index in [0.29, 0.717) is 6.61 Å². The van der Waals surface area contributed by atoms with E-state index in [1.54, 1.807) is 0 Å². The lowest BCUT2D eigenvalue weighted by Crippen LogP contribution is -2.00. The molecule has 0 heterocycles. The third-order valence-corrected chi connectivity index (χ3v) is 1.13. The summed E-state index contributed by atoms with van der Waals surface area (Å²) < 4.78 is 5.04. The zero-order valence-corrected chi connectivity index (χ0v) is 6.60. The van der Waals surface area contributed by atoms with E-state index >= 15 is 0 Å². The molecule has 0 aliphatic carbocycles. The van der Waals surface area contributed by atoms with Crippen molar-refractivity contribution in [2.24, 2.45) is 0 Å². The van der Waals surface area contributed by atoms with Crippen LogP contribution >= 0.6 is 0 Å². The zero-order chi connectivity index (χ0) is 7.82. The summed E-state index contributed by atoms with van der Waals surface area (Å²) in [4.78, 5) is 0. The summed E-state index contributed by atoms with van der Waals surface area (Å²) >= 11 is 0. The molecule has 0 radical (unpaired) electrons. The average Bonchev–Trinajstić information content (AvgIpc) is 1.87. The van der Waals surface area contributed by atoms with E-state index in [4.69, 9.17) is 9.84 Å². The standard InChI is InChI=1S/C8H16O2/c1-8(2)4-3-6-10-7-5-9/h9H,1,3-7H2,2H3. The van der Waals surface area contributed by atoms with Crippen LogP contribution in [0.4, 0.5) is 0 Å². The smallest absolute Gasteiger partial charge is 0.0697 e. The summed E-state index contributed by atoms with van der Waals surface area (Å²) in [7, 11) is 0. The summed E-state index contributed by atoms with van der Waals surface area (Å²) in [6.45, 7) is 7.08. The molecule has 0 aliphatic heterocycles. The molecule has 0 atom stereocenters. The van der Waals surface area contributed by atoms with Crippen molar-refractivity contribution in [3.63, 3.8) is 0 Å². The Balaban J connectivity index is 2.84. The number of ether oxygens (including phenoxy) is 1. The first-order valence-electron chi connectivity index (χ1n) is 3.60. The molecule has 60 valence electrons. The fourth-order valence-electron chi connectivity index (χ4n) is 0.643. The number of rotatable bonds is 6. The molecule has 0 aromatic heterocycles. The van der Waals surface area contributed by atoms with Crippen LogP contribution in [0.3, 0.4) is 0 Å². The van der Waals surface area contributed by atoms with E-state index in [1.165, 1.54) is 5.57 Å². The van der Waals surface area contributed by atoms with Crippen LogP contribution in [0.2, 0.25) is 0 Å². The molecule has 0 bridgehead atoms. The van der Waals surface area contributed by atoms with Crippen LogP contribution in [0.15, 0.2) is 12.2 Å². The van der Waals surface area contributed by atoms with Crippen molar-refractivity contribution in [3.05, 3.63) is 12.2 Å². The topological polar surface area (TPSA) is 29.5 Å². The van der Waals surface area contributed by atoms with Crippen LogP contribution < -0.4 is 0 Å². The molecule has 2 nitrogen and oxygen atoms in total. The molecule has 0 aliphatic rings. The Morgan fingerprint density at radius 1 is 1.50 bits per heavy atom. The molecule has 0 aromatic carbocycles. The lowest BCUT2D eigenvalue weighted by molar-refractivity contribution is 0.0909. The van der Waals surface area contributed by atoms with E-state index in [0.717, 1.165) is 19.4 Å². The van der Waals surface area contributed by atoms with Gasteiger partial charge >= 0.3 is 0 Å². The monoisotopic (exact) mass is 144 g/mol. The Morgan fingerprint density at radius 3 is 2.70 bits per heavy atom. The van der Waals surface area contributed by atoms with Crippen molar-refractivity contribution in [1.29, 1.82) is 0 Å². The maximum Gasteiger partial charge on any atom is 0.0697 e. The summed E-state index contributed by atoms with van der Waals surface area (Å²) in [5.41, 5.74) is 1.19. The number of hydrogen-bond acceptors (Lipinski definition) is 2. The van der Waals surface area contributed by atoms with Gasteiger partial charge in [0.05, 0.1) is 13.2 Å². The van der Waals surface area contributed by atoms with Gasteiger partial charge in [0.1, 0.15) is 0 Å². The molecule has 0 unspecified atom stereocenters. The molecular formula is C8H16O2. The Labute approximate surface area is 62.5 Å². The van der Waals surface area contributed by atoms with Gasteiger partial charge in [-0.25, -0.2) is 0 Å². The molecule has 2 heteroatoms. The van der Waals surface area contributed by atoms with Crippen LogP contribution in [0.5, 0.6) is 0 Å². The molecule has 0 aromatic rings. The van der Waals surface area contributed by atoms with Crippen molar-refractivity contribution >= 4 is 0 Å². The van der Waals surface area contributed by atoms with Crippen molar-refractivity contribution < 1.29 is 9.84 Å². The summed E-state index contributed by atoms with van der Waals surface area (Å²) in [6.07, 6.45) is 2.03. The number of aliphatic hydroxyl groups excluding tert-OH is 1. The highest BCUT2D eigenvalue weighted by Gasteiger charge is 1.88. The Bertz CT molecular complexity index is 89.3. The Hall–Kier alpha value is -0.340. The van der Waals surface area contributed by atoms with Gasteiger partial charge in [-0.05, 0) is 19.8 Å². The first-order valence-corrected chi connectivity index (χ1v) is 3.60. The highest BCUT2D eigenvalue weighted by molar-refractivity contribution is 4.86. The minimum absolute atomic E-state index is 0.118. The predicted molar refractivity (Wildman–Crippen MR) is 42.0 cm³/mol. The minimum atomic E-state index is 0.118. The molecular weight excluding hydrogens is 128 g/mol. The highest BCUT2D eigenvalue weighted by atomic mass is 16.5. The van der Waals surface area contributed by atoms with Crippen molar-refractivity contribution in [3.8, 4) is 0 Å². The lowest BCUT2D eigenvalue weighted by Gasteiger charge is -2.00. The molecule has 0 fully saturated rings. The Kier molecular flexibility index (Phi) is 6.55. The second kappa shape index (κ2) is 6.78. The van der Waals surface area contributed by atoms with Gasteiger partial charge in [-0.2, -0.15) is 0 Å². The van der Waals surface area contributed by atoms with Crippen molar-refractivity contribution in [2.45, 2.75) is 19.8 Å². The molecule has 10 heavy (non-hydrogen) atoms. The summed E-state index contributed by atoms with van der Waals surface area (Å²) in [5, 5.41) is 8.33. The van der Waals surface area contributed by atoms with Crippen LogP contribution in [-0.2, 0) is 4.74 Å². The average molecular weight is 144 g/mol. The van der Waals surface area contributed by atoms with Gasteiger partial charge in [-0.1, -0.05) is 5.57 Å². The minimum Gasteiger partial charge on any atom is -0.394 e. The number of allylic oxidation sites excluding steroid dienone is 1. The quantitative estimate of drug-likeness (QED) is 0.450. The van der Waals surface area contributed by atoms with Crippen LogP contribution in [0.1, 0.15) is 19.8 Å². The van der Waals surface area contributed by atoms with Crippen LogP contribution in [0, 0.1) is 0 Å². The van der Waals surface area contributed by atoms with Gasteiger partial charge in [-0.15, -0.1) is 6.58 Å². The van der Waals surface area contributed by atoms with Gasteiger partial charge < -0.3 is 9.84 Å². The van der Waals surface area contributed by atoms with Crippen molar-refractivity contribution in [1.82, 2.24) is 0 Å². The summed E-state index contributed by atoms with van der Waals surface area (Å²) in [5.74, 6) is 0. The molecule has 0 spiro atoms. The fraction of sp³-hybridized carbons (Fsp3) is 0.750. The second-order valence-corrected chi connectivity index (χ2v) is 2.40. The third-order valence-electron chi connectivity index (χ3n) is 1.13. The highest BCUT2D eigenvalue weighted by Crippen LogP contribution is 1.99. The molecule has 0 amide bonds. The van der Waals surface area contributed by atoms with Gasteiger partial charge in [0.2, 0.25) is 0 Å². The van der Waals surface area contributed by atoms with Crippen molar-refractivity contribution in [2.75, 3.05) is 19.8 Å². The zero-order valence-electron chi connectivity index (χ0n) is 6.60. The molecule has 0 rings (SSSR count). The first-order chi connectivity index (χ1) is 4.77. The van der Waals surface area contributed by atoms with E-state index in [9.17, 15) is 0 Å². The number of aliphatic hydroxyl groups is 1. The van der Waals surface area contributed by atoms with E-state index in [-0.39, 0.29) is 6.61 Å². The van der Waals surface area contributed by atoms with Gasteiger partial charge in [-0.3, -0.25) is 0 Å².